The van der Waals surface area contributed by atoms with Gasteiger partial charge in [-0.05, 0) is 95.8 Å². The van der Waals surface area contributed by atoms with E-state index in [2.05, 4.69) is 179 Å². The van der Waals surface area contributed by atoms with Crippen LogP contribution in [0.4, 0.5) is 0 Å². The molecule has 0 spiro atoms. The van der Waals surface area contributed by atoms with Crippen LogP contribution < -0.4 is 0 Å². The number of aromatic nitrogens is 2. The number of rotatable bonds is 8. The lowest BCUT2D eigenvalue weighted by Gasteiger charge is -2.25. The monoisotopic (exact) mass is 758 g/mol. The quantitative estimate of drug-likeness (QED) is 0.144. The van der Waals surface area contributed by atoms with E-state index in [1.54, 1.807) is 0 Å². The van der Waals surface area contributed by atoms with E-state index in [0.717, 1.165) is 45.0 Å². The molecule has 5 aromatic carbocycles. The van der Waals surface area contributed by atoms with Crippen LogP contribution in [0.15, 0.2) is 178 Å². The minimum atomic E-state index is -0.241. The summed E-state index contributed by atoms with van der Waals surface area (Å²) in [6.07, 6.45) is 12.4. The van der Waals surface area contributed by atoms with E-state index in [9.17, 15) is 0 Å². The minimum absolute atomic E-state index is 0.241. The molecule has 4 heteroatoms. The van der Waals surface area contributed by atoms with Crippen molar-refractivity contribution in [2.75, 3.05) is 0 Å². The molecule has 0 atom stereocenters. The van der Waals surface area contributed by atoms with Gasteiger partial charge in [-0.15, -0.1) is 0 Å². The fourth-order valence-corrected chi connectivity index (χ4v) is 10.6. The molecule has 1 aliphatic heterocycles. The molecule has 0 unspecified atom stereocenters. The first-order valence-electron chi connectivity index (χ1n) is 19.1. The second-order valence-corrected chi connectivity index (χ2v) is 17.2. The summed E-state index contributed by atoms with van der Waals surface area (Å²) in [4.78, 5) is 10.4. The first-order chi connectivity index (χ1) is 27.3. The average Bonchev–Trinajstić information content (AvgIpc) is 3.66. The van der Waals surface area contributed by atoms with Gasteiger partial charge < -0.3 is 4.57 Å². The Morgan fingerprint density at radius 1 is 0.679 bits per heavy atom. The molecule has 0 saturated heterocycles. The van der Waals surface area contributed by atoms with Gasteiger partial charge in [-0.3, -0.25) is 0 Å². The number of pyridine rings is 1. The van der Waals surface area contributed by atoms with Gasteiger partial charge in [0.1, 0.15) is 0 Å². The van der Waals surface area contributed by atoms with Crippen LogP contribution >= 0.6 is 23.5 Å². The Morgan fingerprint density at radius 3 is 2.00 bits per heavy atom. The molecule has 0 amide bonds. The molecule has 2 aromatic heterocycles. The molecule has 0 bridgehead atoms. The Bertz CT molecular complexity index is 2740. The van der Waals surface area contributed by atoms with Gasteiger partial charge in [0.2, 0.25) is 0 Å². The van der Waals surface area contributed by atoms with Crippen molar-refractivity contribution in [1.29, 1.82) is 0 Å². The molecule has 0 fully saturated rings. The SMILES string of the molecule is C=C/C=C\C1=C(C)Sc2cc3c(cc2S1)C(C)(C)c1c-3ccc2c(C=C)c(/C=C\C)n(-c3ccc(-c4cc(-c5ccccc5)cc(-c5ccccc5)n4)cc3)c12. The van der Waals surface area contributed by atoms with Gasteiger partial charge in [-0.1, -0.05) is 160 Å². The molecule has 0 radical (unpaired) electrons. The smallest absolute Gasteiger partial charge is 0.0715 e. The van der Waals surface area contributed by atoms with Gasteiger partial charge in [-0.25, -0.2) is 4.98 Å². The average molecular weight is 759 g/mol. The van der Waals surface area contributed by atoms with Gasteiger partial charge in [0.05, 0.1) is 22.6 Å². The Labute approximate surface area is 338 Å². The minimum Gasteiger partial charge on any atom is -0.309 e. The summed E-state index contributed by atoms with van der Waals surface area (Å²) in [5.74, 6) is 0. The van der Waals surface area contributed by atoms with E-state index in [4.69, 9.17) is 4.98 Å². The van der Waals surface area contributed by atoms with Crippen molar-refractivity contribution >= 4 is 46.6 Å². The lowest BCUT2D eigenvalue weighted by molar-refractivity contribution is 0.661. The first kappa shape index (κ1) is 35.9. The van der Waals surface area contributed by atoms with Gasteiger partial charge >= 0.3 is 0 Å². The number of benzene rings is 5. The maximum Gasteiger partial charge on any atom is 0.0715 e. The third-order valence-electron chi connectivity index (χ3n) is 11.0. The van der Waals surface area contributed by atoms with Crippen LogP contribution in [0.2, 0.25) is 0 Å². The lowest BCUT2D eigenvalue weighted by atomic mass is 9.81. The molecule has 7 aromatic rings. The van der Waals surface area contributed by atoms with Crippen molar-refractivity contribution in [1.82, 2.24) is 9.55 Å². The zero-order valence-electron chi connectivity index (χ0n) is 32.1. The van der Waals surface area contributed by atoms with Crippen LogP contribution in [0.3, 0.4) is 0 Å². The summed E-state index contributed by atoms with van der Waals surface area (Å²) >= 11 is 3.73. The number of thioether (sulfide) groups is 2. The number of nitrogens with zero attached hydrogens (tertiary/aromatic N) is 2. The molecule has 1 aliphatic carbocycles. The van der Waals surface area contributed by atoms with E-state index in [1.165, 1.54) is 58.3 Å². The Hall–Kier alpha value is -5.81. The van der Waals surface area contributed by atoms with Crippen LogP contribution in [0, 0.1) is 0 Å². The molecular formula is C52H42N2S2. The highest BCUT2D eigenvalue weighted by Gasteiger charge is 2.40. The number of hydrogen-bond donors (Lipinski definition) is 0. The predicted octanol–water partition coefficient (Wildman–Crippen LogP) is 15.2. The van der Waals surface area contributed by atoms with Crippen molar-refractivity contribution in [2.24, 2.45) is 0 Å². The molecule has 272 valence electrons. The normalized spacial score (nSPS) is 14.4. The number of fused-ring (bicyclic) bond motifs is 6. The second kappa shape index (κ2) is 14.4. The molecule has 2 nitrogen and oxygen atoms in total. The van der Waals surface area contributed by atoms with Gasteiger partial charge in [0.15, 0.2) is 0 Å². The molecule has 0 N–H and O–H groups in total. The third kappa shape index (κ3) is 5.96. The molecule has 9 rings (SSSR count). The largest absolute Gasteiger partial charge is 0.309 e. The van der Waals surface area contributed by atoms with E-state index in [0.29, 0.717) is 0 Å². The Kier molecular flexibility index (Phi) is 9.20. The number of allylic oxidation sites excluding steroid dienone is 5. The van der Waals surface area contributed by atoms with Gasteiger partial charge in [0.25, 0.3) is 0 Å². The van der Waals surface area contributed by atoms with Crippen LogP contribution in [0.1, 0.15) is 50.1 Å². The first-order valence-corrected chi connectivity index (χ1v) is 20.7. The topological polar surface area (TPSA) is 17.8 Å². The Balaban J connectivity index is 1.20. The van der Waals surface area contributed by atoms with Crippen LogP contribution in [-0.2, 0) is 5.41 Å². The molecule has 3 heterocycles. The number of hydrogen-bond acceptors (Lipinski definition) is 3. The zero-order chi connectivity index (χ0) is 38.6. The maximum absolute atomic E-state index is 5.22. The molecule has 2 aliphatic rings. The molecular weight excluding hydrogens is 717 g/mol. The predicted molar refractivity (Wildman–Crippen MR) is 243 cm³/mol. The van der Waals surface area contributed by atoms with Crippen molar-refractivity contribution in [2.45, 2.75) is 42.9 Å². The van der Waals surface area contributed by atoms with Crippen LogP contribution in [0.5, 0.6) is 0 Å². The maximum atomic E-state index is 5.22. The van der Waals surface area contributed by atoms with Crippen molar-refractivity contribution in [3.63, 3.8) is 0 Å². The van der Waals surface area contributed by atoms with E-state index >= 15 is 0 Å². The highest BCUT2D eigenvalue weighted by atomic mass is 32.2. The zero-order valence-corrected chi connectivity index (χ0v) is 33.8. The van der Waals surface area contributed by atoms with E-state index in [-0.39, 0.29) is 5.41 Å². The second-order valence-electron chi connectivity index (χ2n) is 14.8. The van der Waals surface area contributed by atoms with Crippen LogP contribution in [-0.4, -0.2) is 9.55 Å². The van der Waals surface area contributed by atoms with Gasteiger partial charge in [0, 0.05) is 52.8 Å². The van der Waals surface area contributed by atoms with Crippen molar-refractivity contribution in [3.05, 3.63) is 191 Å². The standard InChI is InChI=1S/C52H42N2S2/c1-7-10-22-47-33(4)55-48-31-42-40-27-28-41-39(9-3)46(17-8-2)54(51(41)50(40)52(5,6)43(42)32-49(48)56-47)38-25-23-36(24-26-38)45-30-37(34-18-13-11-14-19-34)29-44(53-45)35-20-15-12-16-21-35/h7-32H,1,3H2,2,4-6H3/b17-8-,22-10-. The fourth-order valence-electron chi connectivity index (χ4n) is 8.40. The van der Waals surface area contributed by atoms with Crippen molar-refractivity contribution in [3.8, 4) is 50.5 Å². The van der Waals surface area contributed by atoms with E-state index < -0.39 is 0 Å². The van der Waals surface area contributed by atoms with Gasteiger partial charge in [-0.2, -0.15) is 0 Å². The Morgan fingerprint density at radius 2 is 1.34 bits per heavy atom. The summed E-state index contributed by atoms with van der Waals surface area (Å²) in [5, 5.41) is 1.21. The van der Waals surface area contributed by atoms with E-state index in [1.807, 2.05) is 47.8 Å². The fraction of sp³-hybridized carbons (Fsp3) is 0.0962. The van der Waals surface area contributed by atoms with Crippen LogP contribution in [0.25, 0.3) is 73.5 Å². The summed E-state index contributed by atoms with van der Waals surface area (Å²) in [6.45, 7) is 17.3. The highest BCUT2D eigenvalue weighted by Crippen LogP contribution is 2.57. The molecule has 56 heavy (non-hydrogen) atoms. The summed E-state index contributed by atoms with van der Waals surface area (Å²) < 4.78 is 2.46. The third-order valence-corrected chi connectivity index (χ3v) is 13.6. The lowest BCUT2D eigenvalue weighted by Crippen LogP contribution is -2.17. The van der Waals surface area contributed by atoms with Crippen molar-refractivity contribution < 1.29 is 0 Å². The summed E-state index contributed by atoms with van der Waals surface area (Å²) in [6, 6.07) is 43.9. The highest BCUT2D eigenvalue weighted by molar-refractivity contribution is 8.09. The summed E-state index contributed by atoms with van der Waals surface area (Å²) in [5.41, 5.74) is 16.1. The summed E-state index contributed by atoms with van der Waals surface area (Å²) in [7, 11) is 0. The molecule has 0 saturated carbocycles.